The Hall–Kier alpha value is -0.646. The molecule has 0 aliphatic heterocycles. The van der Waals surface area contributed by atoms with Crippen LogP contribution in [-0.2, 0) is 14.0 Å². The molecule has 9 heteroatoms. The minimum absolute atomic E-state index is 0.562. The summed E-state index contributed by atoms with van der Waals surface area (Å²) in [4.78, 5) is 0. The second-order valence-corrected chi connectivity index (χ2v) is 22.2. The average Bonchev–Trinajstić information content (AvgIpc) is 2.26. The fraction of sp³-hybridized carbons (Fsp3) is 0.455. The van der Waals surface area contributed by atoms with Gasteiger partial charge in [-0.15, -0.1) is 0 Å². The van der Waals surface area contributed by atoms with E-state index in [1.807, 2.05) is 19.6 Å². The molecule has 0 aliphatic carbocycles. The Morgan fingerprint density at radius 3 is 1.80 bits per heavy atom. The summed E-state index contributed by atoms with van der Waals surface area (Å²) in [5.74, 6) is 0. The molecule has 0 saturated carbocycles. The maximum atomic E-state index is 12.6. The topological polar surface area (TPSA) is 43.4 Å². The van der Waals surface area contributed by atoms with Gasteiger partial charge in [0.15, 0.2) is 0 Å². The molecule has 0 N–H and O–H groups in total. The van der Waals surface area contributed by atoms with Gasteiger partial charge in [-0.3, -0.25) is 0 Å². The standard InChI is InChI=1S/C11H17F3O3SSi2/c1-19(2,3)20(4,10-8-6-5-7-9-10)17-18(15,16)11(12,13)14/h5-9H,1-4H3. The fourth-order valence-electron chi connectivity index (χ4n) is 1.63. The predicted molar refractivity (Wildman–Crippen MR) is 77.1 cm³/mol. The molecule has 1 rings (SSSR count). The number of hydrogen-bond acceptors (Lipinski definition) is 3. The van der Waals surface area contributed by atoms with Crippen molar-refractivity contribution in [3.8, 4) is 0 Å². The molecule has 0 amide bonds. The molecular formula is C11H17F3O3SSi2. The molecule has 0 radical (unpaired) electrons. The minimum atomic E-state index is -5.59. The zero-order valence-electron chi connectivity index (χ0n) is 11.7. The molecular weight excluding hydrogens is 325 g/mol. The lowest BCUT2D eigenvalue weighted by atomic mass is 10.4. The molecule has 20 heavy (non-hydrogen) atoms. The van der Waals surface area contributed by atoms with Crippen LogP contribution in [0.2, 0.25) is 26.2 Å². The van der Waals surface area contributed by atoms with Gasteiger partial charge in [0.2, 0.25) is 7.83 Å². The van der Waals surface area contributed by atoms with Gasteiger partial charge in [0.05, 0.1) is 7.59 Å². The van der Waals surface area contributed by atoms with Gasteiger partial charge in [-0.25, -0.2) is 0 Å². The normalized spacial score (nSPS) is 16.8. The summed E-state index contributed by atoms with van der Waals surface area (Å²) in [7, 11) is -11.1. The van der Waals surface area contributed by atoms with Crippen LogP contribution in [0.25, 0.3) is 0 Å². The fourth-order valence-corrected chi connectivity index (χ4v) is 13.2. The van der Waals surface area contributed by atoms with Crippen molar-refractivity contribution in [2.45, 2.75) is 31.7 Å². The van der Waals surface area contributed by atoms with Crippen molar-refractivity contribution in [3.63, 3.8) is 0 Å². The van der Waals surface area contributed by atoms with Gasteiger partial charge in [0, 0.05) is 0 Å². The monoisotopic (exact) mass is 342 g/mol. The van der Waals surface area contributed by atoms with E-state index in [1.54, 1.807) is 30.3 Å². The van der Waals surface area contributed by atoms with Crippen LogP contribution in [0, 0.1) is 0 Å². The lowest BCUT2D eigenvalue weighted by Gasteiger charge is -2.37. The maximum absolute atomic E-state index is 12.6. The second kappa shape index (κ2) is 5.28. The first-order valence-electron chi connectivity index (χ1n) is 5.89. The molecule has 0 aliphatic rings. The first kappa shape index (κ1) is 17.4. The van der Waals surface area contributed by atoms with E-state index >= 15 is 0 Å². The van der Waals surface area contributed by atoms with Crippen LogP contribution in [0.4, 0.5) is 13.2 Å². The molecule has 0 bridgehead atoms. The van der Waals surface area contributed by atoms with Gasteiger partial charge >= 0.3 is 15.6 Å². The largest absolute Gasteiger partial charge is 0.522 e. The Balaban J connectivity index is 3.38. The summed E-state index contributed by atoms with van der Waals surface area (Å²) < 4.78 is 65.4. The van der Waals surface area contributed by atoms with E-state index in [0.717, 1.165) is 0 Å². The Labute approximate surface area is 118 Å². The summed E-state index contributed by atoms with van der Waals surface area (Å²) >= 11 is 0. The second-order valence-electron chi connectivity index (χ2n) is 5.63. The molecule has 114 valence electrons. The zero-order valence-corrected chi connectivity index (χ0v) is 14.5. The van der Waals surface area contributed by atoms with Crippen LogP contribution < -0.4 is 5.19 Å². The number of hydrogen-bond donors (Lipinski definition) is 0. The predicted octanol–water partition coefficient (Wildman–Crippen LogP) is 2.75. The van der Waals surface area contributed by atoms with Crippen molar-refractivity contribution in [2.24, 2.45) is 0 Å². The van der Waals surface area contributed by atoms with Gasteiger partial charge in [-0.2, -0.15) is 21.6 Å². The van der Waals surface area contributed by atoms with Crippen molar-refractivity contribution < 1.29 is 25.5 Å². The Bertz CT molecular complexity index is 567. The Kier molecular flexibility index (Phi) is 4.60. The molecule has 0 aromatic heterocycles. The number of halogens is 3. The quantitative estimate of drug-likeness (QED) is 0.624. The maximum Gasteiger partial charge on any atom is 0.522 e. The Morgan fingerprint density at radius 1 is 1.00 bits per heavy atom. The van der Waals surface area contributed by atoms with E-state index in [2.05, 4.69) is 0 Å². The van der Waals surface area contributed by atoms with E-state index in [0.29, 0.717) is 5.19 Å². The SMILES string of the molecule is C[Si](C)(C)[Si](C)(OS(=O)(=O)C(F)(F)F)c1ccccc1. The average molecular weight is 342 g/mol. The van der Waals surface area contributed by atoms with Gasteiger partial charge in [-0.1, -0.05) is 50.0 Å². The number of benzene rings is 1. The lowest BCUT2D eigenvalue weighted by molar-refractivity contribution is -0.0501. The molecule has 0 saturated heterocycles. The molecule has 0 spiro atoms. The summed E-state index contributed by atoms with van der Waals surface area (Å²) in [5, 5.41) is 0.562. The van der Waals surface area contributed by atoms with Gasteiger partial charge in [0.25, 0.3) is 0 Å². The molecule has 1 aromatic carbocycles. The highest BCUT2D eigenvalue weighted by Gasteiger charge is 2.56. The van der Waals surface area contributed by atoms with Crippen molar-refractivity contribution in [3.05, 3.63) is 30.3 Å². The third kappa shape index (κ3) is 3.33. The van der Waals surface area contributed by atoms with Crippen molar-refractivity contribution >= 4 is 30.7 Å². The molecule has 1 atom stereocenters. The van der Waals surface area contributed by atoms with Gasteiger partial charge in [0.1, 0.15) is 0 Å². The van der Waals surface area contributed by atoms with Crippen molar-refractivity contribution in [1.29, 1.82) is 0 Å². The first-order chi connectivity index (χ1) is 8.81. The summed E-state index contributed by atoms with van der Waals surface area (Å²) in [6.07, 6.45) is 0. The number of alkyl halides is 3. The van der Waals surface area contributed by atoms with E-state index in [1.165, 1.54) is 6.55 Å². The Morgan fingerprint density at radius 2 is 1.45 bits per heavy atom. The third-order valence-corrected chi connectivity index (χ3v) is 20.6. The van der Waals surface area contributed by atoms with Crippen LogP contribution in [0.15, 0.2) is 30.3 Å². The summed E-state index contributed by atoms with van der Waals surface area (Å²) in [6, 6.07) is 8.34. The molecule has 1 aromatic rings. The molecule has 3 nitrogen and oxygen atoms in total. The molecule has 1 unspecified atom stereocenters. The summed E-state index contributed by atoms with van der Waals surface area (Å²) in [5.41, 5.74) is -5.39. The number of rotatable bonds is 4. The minimum Gasteiger partial charge on any atom is -0.306 e. The summed E-state index contributed by atoms with van der Waals surface area (Å²) in [6.45, 7) is 6.99. The highest BCUT2D eigenvalue weighted by atomic mass is 32.2. The first-order valence-corrected chi connectivity index (χ1v) is 14.2. The van der Waals surface area contributed by atoms with Crippen molar-refractivity contribution in [2.75, 3.05) is 0 Å². The molecule has 0 fully saturated rings. The highest BCUT2D eigenvalue weighted by molar-refractivity contribution is 7.89. The van der Waals surface area contributed by atoms with Gasteiger partial charge in [-0.05, 0) is 11.7 Å². The van der Waals surface area contributed by atoms with Crippen LogP contribution in [-0.4, -0.2) is 29.4 Å². The van der Waals surface area contributed by atoms with Crippen LogP contribution in [0.1, 0.15) is 0 Å². The van der Waals surface area contributed by atoms with E-state index in [-0.39, 0.29) is 0 Å². The van der Waals surface area contributed by atoms with Crippen LogP contribution >= 0.6 is 0 Å². The smallest absolute Gasteiger partial charge is 0.306 e. The van der Waals surface area contributed by atoms with E-state index in [4.69, 9.17) is 3.87 Å². The zero-order chi connectivity index (χ0) is 15.8. The van der Waals surface area contributed by atoms with Gasteiger partial charge < -0.3 is 3.87 Å². The van der Waals surface area contributed by atoms with E-state index in [9.17, 15) is 21.6 Å². The molecule has 0 heterocycles. The van der Waals surface area contributed by atoms with E-state index < -0.39 is 31.1 Å². The van der Waals surface area contributed by atoms with Crippen LogP contribution in [0.5, 0.6) is 0 Å². The van der Waals surface area contributed by atoms with Crippen molar-refractivity contribution in [1.82, 2.24) is 0 Å². The third-order valence-electron chi connectivity index (χ3n) is 3.32. The van der Waals surface area contributed by atoms with Crippen LogP contribution in [0.3, 0.4) is 0 Å². The lowest BCUT2D eigenvalue weighted by Crippen LogP contribution is -2.67. The highest BCUT2D eigenvalue weighted by Crippen LogP contribution is 2.31.